The second-order valence-electron chi connectivity index (χ2n) is 6.50. The zero-order valence-corrected chi connectivity index (χ0v) is 15.6. The van der Waals surface area contributed by atoms with Crippen LogP contribution in [0.3, 0.4) is 0 Å². The number of nitrogens with two attached hydrogens (primary N) is 1. The molecule has 0 aliphatic rings. The molecule has 4 rings (SSSR count). The second kappa shape index (κ2) is 7.36. The van der Waals surface area contributed by atoms with Crippen LogP contribution in [-0.4, -0.2) is 19.5 Å². The minimum atomic E-state index is -0.787. The fourth-order valence-electron chi connectivity index (χ4n) is 3.20. The summed E-state index contributed by atoms with van der Waals surface area (Å²) in [6.45, 7) is 1.69. The van der Waals surface area contributed by atoms with Crippen molar-refractivity contribution in [3.63, 3.8) is 0 Å². The molecular formula is C20H14F3N7. The number of hydrogen-bond acceptors (Lipinski definition) is 6. The Labute approximate surface area is 168 Å². The van der Waals surface area contributed by atoms with Gasteiger partial charge in [-0.05, 0) is 31.2 Å². The molecule has 2 aromatic carbocycles. The van der Waals surface area contributed by atoms with Gasteiger partial charge in [0.25, 0.3) is 0 Å². The van der Waals surface area contributed by atoms with Gasteiger partial charge >= 0.3 is 0 Å². The average molecular weight is 409 g/mol. The highest BCUT2D eigenvalue weighted by Gasteiger charge is 2.22. The molecule has 0 amide bonds. The maximum absolute atomic E-state index is 14.4. The van der Waals surface area contributed by atoms with Crippen molar-refractivity contribution in [3.8, 4) is 11.8 Å². The zero-order valence-electron chi connectivity index (χ0n) is 15.6. The molecule has 1 atom stereocenters. The van der Waals surface area contributed by atoms with Crippen LogP contribution in [-0.2, 0) is 0 Å². The Morgan fingerprint density at radius 1 is 1.13 bits per heavy atom. The van der Waals surface area contributed by atoms with Crippen LogP contribution >= 0.6 is 0 Å². The largest absolute Gasteiger partial charge is 0.382 e. The quantitative estimate of drug-likeness (QED) is 0.530. The minimum absolute atomic E-state index is 0.00560. The number of halogens is 3. The molecule has 0 spiro atoms. The summed E-state index contributed by atoms with van der Waals surface area (Å²) < 4.78 is 43.6. The van der Waals surface area contributed by atoms with Gasteiger partial charge in [0.15, 0.2) is 5.82 Å². The lowest BCUT2D eigenvalue weighted by atomic mass is 10.2. The molecule has 0 saturated carbocycles. The van der Waals surface area contributed by atoms with Gasteiger partial charge < -0.3 is 11.1 Å². The molecule has 7 nitrogen and oxygen atoms in total. The average Bonchev–Trinajstić information content (AvgIpc) is 3.08. The van der Waals surface area contributed by atoms with E-state index < -0.39 is 23.5 Å². The predicted molar refractivity (Wildman–Crippen MR) is 104 cm³/mol. The van der Waals surface area contributed by atoms with Crippen molar-refractivity contribution in [2.24, 2.45) is 0 Å². The molecule has 0 radical (unpaired) electrons. The van der Waals surface area contributed by atoms with E-state index in [1.54, 1.807) is 13.0 Å². The van der Waals surface area contributed by atoms with Crippen molar-refractivity contribution in [3.05, 3.63) is 71.6 Å². The number of fused-ring (bicyclic) bond motifs is 1. The first-order chi connectivity index (χ1) is 14.4. The van der Waals surface area contributed by atoms with Gasteiger partial charge in [0.1, 0.15) is 52.6 Å². The van der Waals surface area contributed by atoms with Crippen LogP contribution in [0.25, 0.3) is 16.7 Å². The van der Waals surface area contributed by atoms with Crippen molar-refractivity contribution in [2.45, 2.75) is 13.0 Å². The highest BCUT2D eigenvalue weighted by atomic mass is 19.1. The Balaban J connectivity index is 1.90. The van der Waals surface area contributed by atoms with Gasteiger partial charge in [-0.1, -0.05) is 6.07 Å². The molecule has 2 heterocycles. The van der Waals surface area contributed by atoms with Crippen molar-refractivity contribution in [1.82, 2.24) is 19.5 Å². The number of nitrogen functional groups attached to an aromatic ring is 1. The SMILES string of the molecule is C[C@@H](Nc1ncnc(N)c1C#N)c1nc2c(F)cccc2n1-c1cc(F)cc(F)c1. The lowest BCUT2D eigenvalue weighted by molar-refractivity contribution is 0.581. The normalized spacial score (nSPS) is 12.0. The summed E-state index contributed by atoms with van der Waals surface area (Å²) in [6.07, 6.45) is 1.19. The maximum atomic E-state index is 14.4. The van der Waals surface area contributed by atoms with Gasteiger partial charge in [0.05, 0.1) is 17.2 Å². The number of nitrogens with zero attached hydrogens (tertiary/aromatic N) is 5. The summed E-state index contributed by atoms with van der Waals surface area (Å²) in [6, 6.07) is 8.57. The smallest absolute Gasteiger partial charge is 0.151 e. The number of para-hydroxylation sites is 1. The van der Waals surface area contributed by atoms with Gasteiger partial charge in [-0.15, -0.1) is 0 Å². The molecule has 0 aliphatic heterocycles. The lowest BCUT2D eigenvalue weighted by Crippen LogP contribution is -2.15. The Kier molecular flexibility index (Phi) is 4.71. The summed E-state index contributed by atoms with van der Waals surface area (Å²) in [5.41, 5.74) is 6.24. The fraction of sp³-hybridized carbons (Fsp3) is 0.100. The number of benzene rings is 2. The Bertz CT molecular complexity index is 1290. The van der Waals surface area contributed by atoms with Gasteiger partial charge in [0.2, 0.25) is 0 Å². The Hall–Kier alpha value is -4.13. The van der Waals surface area contributed by atoms with Crippen LogP contribution in [0, 0.1) is 28.8 Å². The molecular weight excluding hydrogens is 395 g/mol. The van der Waals surface area contributed by atoms with Crippen LogP contribution in [0.2, 0.25) is 0 Å². The van der Waals surface area contributed by atoms with E-state index in [9.17, 15) is 18.4 Å². The van der Waals surface area contributed by atoms with Crippen LogP contribution in [0.15, 0.2) is 42.7 Å². The van der Waals surface area contributed by atoms with E-state index in [1.807, 2.05) is 6.07 Å². The number of hydrogen-bond donors (Lipinski definition) is 2. The molecule has 0 saturated heterocycles. The molecule has 150 valence electrons. The van der Waals surface area contributed by atoms with Crippen molar-refractivity contribution >= 4 is 22.7 Å². The van der Waals surface area contributed by atoms with E-state index in [2.05, 4.69) is 20.3 Å². The molecule has 30 heavy (non-hydrogen) atoms. The van der Waals surface area contributed by atoms with Crippen molar-refractivity contribution < 1.29 is 13.2 Å². The van der Waals surface area contributed by atoms with E-state index in [1.165, 1.54) is 23.0 Å². The van der Waals surface area contributed by atoms with Crippen molar-refractivity contribution in [1.29, 1.82) is 5.26 Å². The molecule has 10 heteroatoms. The van der Waals surface area contributed by atoms with Gasteiger partial charge in [0, 0.05) is 6.07 Å². The molecule has 0 unspecified atom stereocenters. The number of nitrogens with one attached hydrogen (secondary N) is 1. The highest BCUT2D eigenvalue weighted by Crippen LogP contribution is 2.30. The number of imidazole rings is 1. The summed E-state index contributed by atoms with van der Waals surface area (Å²) in [5.74, 6) is -1.76. The number of anilines is 2. The summed E-state index contributed by atoms with van der Waals surface area (Å²) in [5, 5.41) is 12.3. The topological polar surface area (TPSA) is 105 Å². The third-order valence-corrected chi connectivity index (χ3v) is 4.50. The summed E-state index contributed by atoms with van der Waals surface area (Å²) >= 11 is 0. The van der Waals surface area contributed by atoms with Gasteiger partial charge in [-0.2, -0.15) is 5.26 Å². The van der Waals surface area contributed by atoms with E-state index in [0.29, 0.717) is 5.52 Å². The molecule has 3 N–H and O–H groups in total. The van der Waals surface area contributed by atoms with E-state index in [0.717, 1.165) is 18.2 Å². The maximum Gasteiger partial charge on any atom is 0.151 e. The number of nitriles is 1. The minimum Gasteiger partial charge on any atom is -0.382 e. The standard InChI is InChI=1S/C20H14F3N7/c1-10(28-19-14(8-24)18(25)26-9-27-19)20-29-17-15(23)3-2-4-16(17)30(20)13-6-11(21)5-12(22)7-13/h2-7,9-10H,1H3,(H3,25,26,27,28)/t10-/m1/s1. The monoisotopic (exact) mass is 409 g/mol. The van der Waals surface area contributed by atoms with Crippen LogP contribution < -0.4 is 11.1 Å². The second-order valence-corrected chi connectivity index (χ2v) is 6.50. The fourth-order valence-corrected chi connectivity index (χ4v) is 3.20. The van der Waals surface area contributed by atoms with Gasteiger partial charge in [-0.25, -0.2) is 28.1 Å². The highest BCUT2D eigenvalue weighted by molar-refractivity contribution is 5.79. The number of rotatable bonds is 4. The third-order valence-electron chi connectivity index (χ3n) is 4.50. The van der Waals surface area contributed by atoms with Crippen LogP contribution in [0.5, 0.6) is 0 Å². The summed E-state index contributed by atoms with van der Waals surface area (Å²) in [7, 11) is 0. The molecule has 2 aromatic heterocycles. The zero-order chi connectivity index (χ0) is 21.4. The molecule has 0 fully saturated rings. The lowest BCUT2D eigenvalue weighted by Gasteiger charge is -2.18. The molecule has 4 aromatic rings. The van der Waals surface area contributed by atoms with Crippen molar-refractivity contribution in [2.75, 3.05) is 11.1 Å². The number of aromatic nitrogens is 4. The first kappa shape index (κ1) is 19.2. The third kappa shape index (κ3) is 3.26. The van der Waals surface area contributed by atoms with E-state index >= 15 is 0 Å². The van der Waals surface area contributed by atoms with Gasteiger partial charge in [-0.3, -0.25) is 4.57 Å². The Morgan fingerprint density at radius 3 is 2.57 bits per heavy atom. The predicted octanol–water partition coefficient (Wildman–Crippen LogP) is 3.86. The summed E-state index contributed by atoms with van der Waals surface area (Å²) in [4.78, 5) is 12.1. The Morgan fingerprint density at radius 2 is 1.87 bits per heavy atom. The first-order valence-corrected chi connectivity index (χ1v) is 8.79. The van der Waals surface area contributed by atoms with E-state index in [-0.39, 0.29) is 34.2 Å². The molecule has 0 bridgehead atoms. The van der Waals surface area contributed by atoms with E-state index in [4.69, 9.17) is 5.73 Å². The van der Waals surface area contributed by atoms with Crippen LogP contribution in [0.1, 0.15) is 24.4 Å². The molecule has 0 aliphatic carbocycles. The first-order valence-electron chi connectivity index (χ1n) is 8.79. The van der Waals surface area contributed by atoms with Crippen LogP contribution in [0.4, 0.5) is 24.8 Å².